The van der Waals surface area contributed by atoms with Gasteiger partial charge in [0, 0.05) is 35.6 Å². The van der Waals surface area contributed by atoms with Crippen LogP contribution >= 0.6 is 11.3 Å². The topological polar surface area (TPSA) is 76.1 Å². The summed E-state index contributed by atoms with van der Waals surface area (Å²) in [7, 11) is 0. The average Bonchev–Trinajstić information content (AvgIpc) is 3.41. The van der Waals surface area contributed by atoms with Crippen LogP contribution in [0.2, 0.25) is 0 Å². The van der Waals surface area contributed by atoms with Gasteiger partial charge >= 0.3 is 5.97 Å². The molecule has 4 rings (SSSR count). The third-order valence-corrected chi connectivity index (χ3v) is 6.55. The average molecular weight is 478 g/mol. The van der Waals surface area contributed by atoms with Crippen LogP contribution in [0.3, 0.4) is 0 Å². The van der Waals surface area contributed by atoms with Crippen molar-refractivity contribution in [3.8, 4) is 16.2 Å². The zero-order valence-electron chi connectivity index (χ0n) is 18.8. The number of rotatable bonds is 10. The maximum atomic E-state index is 12.7. The molecule has 0 bridgehead atoms. The Morgan fingerprint density at radius 2 is 1.82 bits per heavy atom. The monoisotopic (exact) mass is 477 g/mol. The molecular formula is C27H27NO5S. The summed E-state index contributed by atoms with van der Waals surface area (Å²) in [5, 5.41) is 11.1. The molecule has 3 aromatic rings. The Labute approximate surface area is 203 Å². The number of ether oxygens (including phenoxy) is 2. The number of nitrogens with zero attached hydrogens (tertiary/aromatic N) is 1. The lowest BCUT2D eigenvalue weighted by atomic mass is 10.0. The maximum absolute atomic E-state index is 12.7. The van der Waals surface area contributed by atoms with Crippen molar-refractivity contribution in [1.82, 2.24) is 4.90 Å². The van der Waals surface area contributed by atoms with E-state index < -0.39 is 5.97 Å². The molecule has 34 heavy (non-hydrogen) atoms. The van der Waals surface area contributed by atoms with Crippen molar-refractivity contribution in [1.29, 1.82) is 0 Å². The molecule has 7 heteroatoms. The second-order valence-electron chi connectivity index (χ2n) is 7.97. The lowest BCUT2D eigenvalue weighted by molar-refractivity contribution is 0.0358. The van der Waals surface area contributed by atoms with Crippen molar-refractivity contribution in [2.75, 3.05) is 39.5 Å². The number of aromatic carboxylic acids is 1. The van der Waals surface area contributed by atoms with Gasteiger partial charge in [-0.15, -0.1) is 11.3 Å². The Bertz CT molecular complexity index is 1130. The van der Waals surface area contributed by atoms with E-state index in [-0.39, 0.29) is 11.3 Å². The van der Waals surface area contributed by atoms with Crippen LogP contribution < -0.4 is 4.74 Å². The van der Waals surface area contributed by atoms with Gasteiger partial charge < -0.3 is 14.6 Å². The normalized spacial score (nSPS) is 14.4. The van der Waals surface area contributed by atoms with Crippen LogP contribution in [-0.4, -0.2) is 61.2 Å². The number of thiophene rings is 1. The molecule has 0 saturated carbocycles. The fourth-order valence-electron chi connectivity index (χ4n) is 3.74. The summed E-state index contributed by atoms with van der Waals surface area (Å²) in [6.45, 7) is 5.03. The Kier molecular flexibility index (Phi) is 8.25. The number of carboxylic acid groups (broad SMARTS) is 1. The number of ketones is 1. The molecule has 1 saturated heterocycles. The molecule has 0 atom stereocenters. The van der Waals surface area contributed by atoms with Crippen molar-refractivity contribution in [2.24, 2.45) is 0 Å². The molecule has 1 fully saturated rings. The van der Waals surface area contributed by atoms with Gasteiger partial charge in [-0.2, -0.15) is 0 Å². The van der Waals surface area contributed by atoms with Crippen molar-refractivity contribution < 1.29 is 24.2 Å². The fraction of sp³-hybridized carbons (Fsp3) is 0.259. The summed E-state index contributed by atoms with van der Waals surface area (Å²) in [6.07, 6.45) is 4.18. The summed E-state index contributed by atoms with van der Waals surface area (Å²) >= 11 is 1.66. The minimum absolute atomic E-state index is 0.150. The van der Waals surface area contributed by atoms with E-state index in [1.54, 1.807) is 17.4 Å². The predicted molar refractivity (Wildman–Crippen MR) is 134 cm³/mol. The molecule has 1 aliphatic heterocycles. The summed E-state index contributed by atoms with van der Waals surface area (Å²) < 4.78 is 11.5. The van der Waals surface area contributed by atoms with Crippen LogP contribution in [0.4, 0.5) is 0 Å². The molecule has 2 heterocycles. The van der Waals surface area contributed by atoms with Gasteiger partial charge in [0.05, 0.1) is 25.4 Å². The van der Waals surface area contributed by atoms with Crippen LogP contribution in [-0.2, 0) is 4.74 Å². The third-order valence-electron chi connectivity index (χ3n) is 5.63. The highest BCUT2D eigenvalue weighted by molar-refractivity contribution is 7.13. The first-order valence-electron chi connectivity index (χ1n) is 11.3. The Morgan fingerprint density at radius 3 is 2.53 bits per heavy atom. The lowest BCUT2D eigenvalue weighted by Crippen LogP contribution is -2.37. The number of morpholine rings is 1. The second kappa shape index (κ2) is 11.7. The van der Waals surface area contributed by atoms with E-state index in [4.69, 9.17) is 14.6 Å². The number of hydrogen-bond donors (Lipinski definition) is 1. The lowest BCUT2D eigenvalue weighted by Gasteiger charge is -2.26. The fourth-order valence-corrected chi connectivity index (χ4v) is 4.46. The molecule has 0 amide bonds. The van der Waals surface area contributed by atoms with Gasteiger partial charge in [-0.05, 0) is 65.9 Å². The van der Waals surface area contributed by atoms with E-state index in [1.807, 2.05) is 29.6 Å². The SMILES string of the molecule is O=C(O)c1ccc(C(=O)C=Cc2cc(-c3cccs3)ccc2OCCCN2CCOCC2)cc1. The van der Waals surface area contributed by atoms with Gasteiger partial charge in [0.2, 0.25) is 0 Å². The smallest absolute Gasteiger partial charge is 0.335 e. The Balaban J connectivity index is 1.46. The molecular weight excluding hydrogens is 450 g/mol. The van der Waals surface area contributed by atoms with Gasteiger partial charge in [-0.1, -0.05) is 18.2 Å². The number of carboxylic acids is 1. The maximum Gasteiger partial charge on any atom is 0.335 e. The van der Waals surface area contributed by atoms with E-state index in [1.165, 1.54) is 30.3 Å². The molecule has 0 spiro atoms. The van der Waals surface area contributed by atoms with Crippen LogP contribution in [0.25, 0.3) is 16.5 Å². The number of allylic oxidation sites excluding steroid dienone is 1. The van der Waals surface area contributed by atoms with Gasteiger partial charge in [0.25, 0.3) is 0 Å². The highest BCUT2D eigenvalue weighted by Gasteiger charge is 2.11. The van der Waals surface area contributed by atoms with Crippen LogP contribution in [0.1, 0.15) is 32.7 Å². The van der Waals surface area contributed by atoms with E-state index in [2.05, 4.69) is 11.0 Å². The number of benzene rings is 2. The van der Waals surface area contributed by atoms with Gasteiger partial charge in [-0.3, -0.25) is 9.69 Å². The molecule has 1 N–H and O–H groups in total. The van der Waals surface area contributed by atoms with E-state index in [0.717, 1.165) is 61.0 Å². The Morgan fingerprint density at radius 1 is 1.06 bits per heavy atom. The summed E-state index contributed by atoms with van der Waals surface area (Å²) in [5.41, 5.74) is 2.47. The molecule has 0 unspecified atom stereocenters. The third kappa shape index (κ3) is 6.41. The first-order chi connectivity index (χ1) is 16.6. The van der Waals surface area contributed by atoms with Crippen molar-refractivity contribution in [2.45, 2.75) is 6.42 Å². The Hall–Kier alpha value is -3.26. The number of hydrogen-bond acceptors (Lipinski definition) is 6. The van der Waals surface area contributed by atoms with Gasteiger partial charge in [-0.25, -0.2) is 4.79 Å². The van der Waals surface area contributed by atoms with Crippen LogP contribution in [0.5, 0.6) is 5.75 Å². The summed E-state index contributed by atoms with van der Waals surface area (Å²) in [4.78, 5) is 27.2. The largest absolute Gasteiger partial charge is 0.493 e. The van der Waals surface area contributed by atoms with Crippen molar-refractivity contribution in [3.63, 3.8) is 0 Å². The van der Waals surface area contributed by atoms with Gasteiger partial charge in [0.1, 0.15) is 5.75 Å². The molecule has 0 radical (unpaired) electrons. The second-order valence-corrected chi connectivity index (χ2v) is 8.91. The minimum atomic E-state index is -1.02. The van der Waals surface area contributed by atoms with E-state index >= 15 is 0 Å². The molecule has 2 aromatic carbocycles. The molecule has 176 valence electrons. The predicted octanol–water partition coefficient (Wildman–Crippen LogP) is 5.11. The van der Waals surface area contributed by atoms with Crippen molar-refractivity contribution >= 4 is 29.2 Å². The first kappa shape index (κ1) is 23.9. The minimum Gasteiger partial charge on any atom is -0.493 e. The van der Waals surface area contributed by atoms with E-state index in [0.29, 0.717) is 12.2 Å². The van der Waals surface area contributed by atoms with Crippen molar-refractivity contribution in [3.05, 3.63) is 82.7 Å². The van der Waals surface area contributed by atoms with Crippen LogP contribution in [0, 0.1) is 0 Å². The zero-order chi connectivity index (χ0) is 23.8. The molecule has 1 aromatic heterocycles. The first-order valence-corrected chi connectivity index (χ1v) is 12.1. The standard InChI is InChI=1S/C27H27NO5S/c29-24(20-4-6-21(7-5-20)27(30)31)10-8-22-19-23(26-3-1-18-34-26)9-11-25(22)33-15-2-12-28-13-16-32-17-14-28/h1,3-11,18-19H,2,12-17H2,(H,30,31). The highest BCUT2D eigenvalue weighted by atomic mass is 32.1. The highest BCUT2D eigenvalue weighted by Crippen LogP contribution is 2.30. The molecule has 0 aliphatic carbocycles. The molecule has 1 aliphatic rings. The zero-order valence-corrected chi connectivity index (χ0v) is 19.6. The molecule has 6 nitrogen and oxygen atoms in total. The van der Waals surface area contributed by atoms with Crippen LogP contribution in [0.15, 0.2) is 66.1 Å². The number of carbonyl (C=O) groups excluding carboxylic acids is 1. The van der Waals surface area contributed by atoms with E-state index in [9.17, 15) is 9.59 Å². The van der Waals surface area contributed by atoms with Gasteiger partial charge in [0.15, 0.2) is 5.78 Å². The number of carbonyl (C=O) groups is 2. The quantitative estimate of drug-likeness (QED) is 0.248. The summed E-state index contributed by atoms with van der Waals surface area (Å²) in [6, 6.07) is 16.0. The summed E-state index contributed by atoms with van der Waals surface area (Å²) in [5.74, 6) is -0.486.